The maximum Gasteiger partial charge on any atom is 0.258 e. The lowest BCUT2D eigenvalue weighted by molar-refractivity contribution is -0.133. The molecule has 0 aliphatic carbocycles. The molecule has 0 aromatic carbocycles. The number of alkyl halides is 1. The highest BCUT2D eigenvalue weighted by molar-refractivity contribution is 5.83. The van der Waals surface area contributed by atoms with Crippen LogP contribution in [0.2, 0.25) is 0 Å². The number of hydrogen-bond acceptors (Lipinski definition) is 7. The summed E-state index contributed by atoms with van der Waals surface area (Å²) in [5, 5.41) is 5.92. The van der Waals surface area contributed by atoms with Gasteiger partial charge in [0.25, 0.3) is 5.91 Å². The molecule has 0 bridgehead atoms. The van der Waals surface area contributed by atoms with E-state index in [4.69, 9.17) is 0 Å². The summed E-state index contributed by atoms with van der Waals surface area (Å²) < 4.78 is 15.6. The Morgan fingerprint density at radius 2 is 1.89 bits per heavy atom. The Morgan fingerprint density at radius 3 is 2.59 bits per heavy atom. The summed E-state index contributed by atoms with van der Waals surface area (Å²) in [5.41, 5.74) is 1.67. The smallest absolute Gasteiger partial charge is 0.258 e. The average Bonchev–Trinajstić information content (AvgIpc) is 3.32. The number of carbonyl (C=O) groups excluding carboxylic acids is 1. The minimum Gasteiger partial charge on any atom is -0.354 e. The number of carbonyl (C=O) groups is 1. The molecule has 0 saturated carbocycles. The van der Waals surface area contributed by atoms with Crippen molar-refractivity contribution in [2.75, 3.05) is 31.1 Å². The molecule has 2 aromatic rings. The molecule has 3 aliphatic rings. The van der Waals surface area contributed by atoms with Gasteiger partial charge in [-0.25, -0.2) is 19.3 Å². The molecule has 10 heteroatoms. The second kappa shape index (κ2) is 6.10. The van der Waals surface area contributed by atoms with Crippen molar-refractivity contribution >= 4 is 22.9 Å². The number of aryl methyl sites for hydroxylation is 1. The van der Waals surface area contributed by atoms with Crippen molar-refractivity contribution in [3.05, 3.63) is 12.7 Å². The van der Waals surface area contributed by atoms with E-state index in [-0.39, 0.29) is 6.29 Å². The van der Waals surface area contributed by atoms with E-state index in [0.717, 1.165) is 43.2 Å². The number of nitrogens with one attached hydrogen (secondary N) is 2. The summed E-state index contributed by atoms with van der Waals surface area (Å²) in [4.78, 5) is 29.6. The van der Waals surface area contributed by atoms with Crippen molar-refractivity contribution in [3.63, 3.8) is 0 Å². The summed E-state index contributed by atoms with van der Waals surface area (Å²) in [6.07, 6.45) is 1.58. The largest absolute Gasteiger partial charge is 0.354 e. The fourth-order valence-electron chi connectivity index (χ4n) is 4.59. The number of imidazole rings is 1. The van der Waals surface area contributed by atoms with E-state index in [0.29, 0.717) is 11.8 Å². The van der Waals surface area contributed by atoms with Gasteiger partial charge in [-0.3, -0.25) is 15.0 Å². The number of amides is 1. The van der Waals surface area contributed by atoms with Crippen LogP contribution in [0.3, 0.4) is 0 Å². The molecular weight excluding hydrogens is 351 g/mol. The lowest BCUT2D eigenvalue weighted by Crippen LogP contribution is -2.67. The van der Waals surface area contributed by atoms with E-state index in [2.05, 4.69) is 35.4 Å². The Hall–Kier alpha value is -2.33. The highest BCUT2D eigenvalue weighted by Gasteiger charge is 2.45. The predicted molar refractivity (Wildman–Crippen MR) is 96.5 cm³/mol. The summed E-state index contributed by atoms with van der Waals surface area (Å²) >= 11 is 0. The van der Waals surface area contributed by atoms with Crippen molar-refractivity contribution in [2.24, 2.45) is 18.9 Å². The molecular formula is C17H23FN8O. The molecule has 3 fully saturated rings. The van der Waals surface area contributed by atoms with Gasteiger partial charge in [0.05, 0.1) is 6.33 Å². The normalized spacial score (nSPS) is 34.3. The zero-order valence-corrected chi connectivity index (χ0v) is 15.3. The number of halogens is 1. The highest BCUT2D eigenvalue weighted by Crippen LogP contribution is 2.35. The molecule has 3 saturated heterocycles. The number of rotatable bonds is 2. The van der Waals surface area contributed by atoms with Gasteiger partial charge in [0.2, 0.25) is 0 Å². The zero-order valence-electron chi connectivity index (χ0n) is 15.3. The maximum atomic E-state index is 13.7. The SMILES string of the molecule is CC1NC(N2CC3CN(c4ncnc5c4ncn5C)CC3C2)NC(=O)C1F. The molecule has 2 N–H and O–H groups in total. The molecule has 5 unspecified atom stereocenters. The van der Waals surface area contributed by atoms with Gasteiger partial charge in [-0.2, -0.15) is 0 Å². The first-order chi connectivity index (χ1) is 13.0. The predicted octanol–water partition coefficient (Wildman–Crippen LogP) is -0.539. The maximum absolute atomic E-state index is 13.7. The second-order valence-corrected chi connectivity index (χ2v) is 7.87. The van der Waals surface area contributed by atoms with Crippen LogP contribution in [0, 0.1) is 11.8 Å². The van der Waals surface area contributed by atoms with E-state index in [1.165, 1.54) is 0 Å². The van der Waals surface area contributed by atoms with Crippen molar-refractivity contribution in [1.82, 2.24) is 35.1 Å². The van der Waals surface area contributed by atoms with Gasteiger partial charge in [-0.1, -0.05) is 0 Å². The highest BCUT2D eigenvalue weighted by atomic mass is 19.1. The first-order valence-corrected chi connectivity index (χ1v) is 9.33. The molecule has 1 amide bonds. The monoisotopic (exact) mass is 374 g/mol. The van der Waals surface area contributed by atoms with Crippen molar-refractivity contribution in [1.29, 1.82) is 0 Å². The van der Waals surface area contributed by atoms with Gasteiger partial charge in [0.15, 0.2) is 23.2 Å². The Labute approximate surface area is 155 Å². The number of hydrogen-bond donors (Lipinski definition) is 2. The van der Waals surface area contributed by atoms with E-state index < -0.39 is 18.1 Å². The van der Waals surface area contributed by atoms with Gasteiger partial charge >= 0.3 is 0 Å². The molecule has 5 atom stereocenters. The van der Waals surface area contributed by atoms with E-state index in [9.17, 15) is 9.18 Å². The van der Waals surface area contributed by atoms with E-state index in [1.807, 2.05) is 11.6 Å². The van der Waals surface area contributed by atoms with Crippen LogP contribution in [-0.2, 0) is 11.8 Å². The molecule has 5 rings (SSSR count). The van der Waals surface area contributed by atoms with Crippen LogP contribution < -0.4 is 15.5 Å². The number of aromatic nitrogens is 4. The lowest BCUT2D eigenvalue weighted by atomic mass is 10.0. The van der Waals surface area contributed by atoms with Crippen LogP contribution in [0.25, 0.3) is 11.2 Å². The molecule has 9 nitrogen and oxygen atoms in total. The first kappa shape index (κ1) is 16.8. The number of anilines is 1. The third-order valence-corrected chi connectivity index (χ3v) is 6.05. The first-order valence-electron chi connectivity index (χ1n) is 9.33. The average molecular weight is 374 g/mol. The summed E-state index contributed by atoms with van der Waals surface area (Å²) in [5.74, 6) is 1.33. The third-order valence-electron chi connectivity index (χ3n) is 6.05. The fourth-order valence-corrected chi connectivity index (χ4v) is 4.59. The topological polar surface area (TPSA) is 91.2 Å². The second-order valence-electron chi connectivity index (χ2n) is 7.87. The van der Waals surface area contributed by atoms with Crippen LogP contribution in [0.15, 0.2) is 12.7 Å². The molecule has 2 aromatic heterocycles. The Balaban J connectivity index is 1.29. The molecule has 0 radical (unpaired) electrons. The number of fused-ring (bicyclic) bond motifs is 2. The van der Waals surface area contributed by atoms with E-state index in [1.54, 1.807) is 19.6 Å². The molecule has 27 heavy (non-hydrogen) atoms. The molecule has 144 valence electrons. The minimum atomic E-state index is -1.49. The van der Waals surface area contributed by atoms with Crippen LogP contribution in [-0.4, -0.2) is 75.0 Å². The Kier molecular flexibility index (Phi) is 3.80. The van der Waals surface area contributed by atoms with Gasteiger partial charge < -0.3 is 14.8 Å². The molecule has 3 aliphatic heterocycles. The van der Waals surface area contributed by atoms with E-state index >= 15 is 0 Å². The van der Waals surface area contributed by atoms with Gasteiger partial charge in [-0.05, 0) is 18.8 Å². The number of likely N-dealkylation sites (tertiary alicyclic amines) is 1. The molecule has 5 heterocycles. The van der Waals surface area contributed by atoms with Crippen molar-refractivity contribution in [2.45, 2.75) is 25.4 Å². The summed E-state index contributed by atoms with van der Waals surface area (Å²) in [6, 6.07) is -0.473. The van der Waals surface area contributed by atoms with Crippen LogP contribution in [0.4, 0.5) is 10.2 Å². The van der Waals surface area contributed by atoms with Crippen LogP contribution in [0.5, 0.6) is 0 Å². The molecule has 0 spiro atoms. The third kappa shape index (κ3) is 2.66. The van der Waals surface area contributed by atoms with Crippen LogP contribution in [0.1, 0.15) is 6.92 Å². The van der Waals surface area contributed by atoms with Gasteiger partial charge in [0, 0.05) is 39.3 Å². The van der Waals surface area contributed by atoms with Gasteiger partial charge in [-0.15, -0.1) is 0 Å². The Morgan fingerprint density at radius 1 is 1.15 bits per heavy atom. The summed E-state index contributed by atoms with van der Waals surface area (Å²) in [7, 11) is 1.93. The minimum absolute atomic E-state index is 0.292. The quantitative estimate of drug-likeness (QED) is 0.730. The standard InChI is InChI=1S/C17H23FN8O/c1-9-12(18)16(27)23-17(22-9)26-5-10-3-25(4-11(10)6-26)15-13-14(19-7-20-15)24(2)8-21-13/h7-12,17,22H,3-6H2,1-2H3,(H,23,27). The van der Waals surface area contributed by atoms with Gasteiger partial charge in [0.1, 0.15) is 12.6 Å². The summed E-state index contributed by atoms with van der Waals surface area (Å²) in [6.45, 7) is 5.22. The van der Waals surface area contributed by atoms with Crippen LogP contribution >= 0.6 is 0 Å². The lowest BCUT2D eigenvalue weighted by Gasteiger charge is -2.37. The fraction of sp³-hybridized carbons (Fsp3) is 0.647. The van der Waals surface area contributed by atoms with Crippen molar-refractivity contribution < 1.29 is 9.18 Å². The van der Waals surface area contributed by atoms with Crippen molar-refractivity contribution in [3.8, 4) is 0 Å². The Bertz CT molecular complexity index is 873. The zero-order chi connectivity index (χ0) is 18.7. The number of nitrogens with zero attached hydrogens (tertiary/aromatic N) is 6.